The Morgan fingerprint density at radius 1 is 0.944 bits per heavy atom. The SMILES string of the molecule is CC.CCCCCCC/C=C/c1ccccc1C. The van der Waals surface area contributed by atoms with E-state index < -0.39 is 0 Å². The lowest BCUT2D eigenvalue weighted by atomic mass is 10.1. The van der Waals surface area contributed by atoms with E-state index in [0.717, 1.165) is 0 Å². The van der Waals surface area contributed by atoms with E-state index in [4.69, 9.17) is 0 Å². The average Bonchev–Trinajstić information content (AvgIpc) is 2.42. The average molecular weight is 246 g/mol. The second-order valence-corrected chi connectivity index (χ2v) is 4.46. The number of hydrogen-bond donors (Lipinski definition) is 0. The molecule has 0 heteroatoms. The summed E-state index contributed by atoms with van der Waals surface area (Å²) < 4.78 is 0. The lowest BCUT2D eigenvalue weighted by Crippen LogP contribution is -1.79. The lowest BCUT2D eigenvalue weighted by molar-refractivity contribution is 0.638. The van der Waals surface area contributed by atoms with Crippen molar-refractivity contribution in [2.24, 2.45) is 0 Å². The Labute approximate surface area is 114 Å². The van der Waals surface area contributed by atoms with Gasteiger partial charge in [-0.25, -0.2) is 0 Å². The summed E-state index contributed by atoms with van der Waals surface area (Å²) in [7, 11) is 0. The van der Waals surface area contributed by atoms with Gasteiger partial charge in [0.2, 0.25) is 0 Å². The van der Waals surface area contributed by atoms with E-state index in [1.54, 1.807) is 0 Å². The molecule has 0 nitrogen and oxygen atoms in total. The Morgan fingerprint density at radius 3 is 2.28 bits per heavy atom. The van der Waals surface area contributed by atoms with Gasteiger partial charge in [-0.2, -0.15) is 0 Å². The Balaban J connectivity index is 0.00000137. The summed E-state index contributed by atoms with van der Waals surface area (Å²) in [5.41, 5.74) is 2.72. The normalized spacial score (nSPS) is 10.2. The molecule has 1 aromatic rings. The molecule has 0 spiro atoms. The van der Waals surface area contributed by atoms with E-state index in [9.17, 15) is 0 Å². The lowest BCUT2D eigenvalue weighted by Gasteiger charge is -1.99. The van der Waals surface area contributed by atoms with Gasteiger partial charge in [0.05, 0.1) is 0 Å². The van der Waals surface area contributed by atoms with E-state index >= 15 is 0 Å². The summed E-state index contributed by atoms with van der Waals surface area (Å²) in [6.45, 7) is 8.43. The van der Waals surface area contributed by atoms with Crippen LogP contribution in [0.3, 0.4) is 0 Å². The molecule has 0 bridgehead atoms. The standard InChI is InChI=1S/C16H24.C2H6/c1-3-4-5-6-7-8-9-13-16-14-11-10-12-15(16)2;1-2/h9-14H,3-8H2,1-2H3;1-2H3/b13-9+;. The van der Waals surface area contributed by atoms with Gasteiger partial charge < -0.3 is 0 Å². The molecule has 102 valence electrons. The molecule has 0 aliphatic rings. The van der Waals surface area contributed by atoms with Crippen molar-refractivity contribution in [1.82, 2.24) is 0 Å². The van der Waals surface area contributed by atoms with Crippen LogP contribution in [0.4, 0.5) is 0 Å². The summed E-state index contributed by atoms with van der Waals surface area (Å²) in [4.78, 5) is 0. The van der Waals surface area contributed by atoms with Crippen molar-refractivity contribution >= 4 is 6.08 Å². The van der Waals surface area contributed by atoms with Crippen molar-refractivity contribution in [3.05, 3.63) is 41.5 Å². The Kier molecular flexibility index (Phi) is 11.7. The first-order valence-electron chi connectivity index (χ1n) is 7.56. The van der Waals surface area contributed by atoms with E-state index in [-0.39, 0.29) is 0 Å². The van der Waals surface area contributed by atoms with Gasteiger partial charge >= 0.3 is 0 Å². The topological polar surface area (TPSA) is 0 Å². The minimum absolute atomic E-state index is 1.22. The Bertz CT molecular complexity index is 310. The fraction of sp³-hybridized carbons (Fsp3) is 0.556. The van der Waals surface area contributed by atoms with Crippen LogP contribution in [0.1, 0.15) is 70.4 Å². The third-order valence-corrected chi connectivity index (χ3v) is 2.96. The van der Waals surface area contributed by atoms with Crippen LogP contribution in [-0.4, -0.2) is 0 Å². The summed E-state index contributed by atoms with van der Waals surface area (Å²) >= 11 is 0. The van der Waals surface area contributed by atoms with Gasteiger partial charge in [-0.15, -0.1) is 0 Å². The Morgan fingerprint density at radius 2 is 1.61 bits per heavy atom. The molecule has 0 heterocycles. The highest BCUT2D eigenvalue weighted by atomic mass is 14.0. The molecule has 0 aromatic heterocycles. The van der Waals surface area contributed by atoms with Gasteiger partial charge in [0, 0.05) is 0 Å². The van der Waals surface area contributed by atoms with Gasteiger partial charge in [-0.3, -0.25) is 0 Å². The maximum Gasteiger partial charge on any atom is -0.0231 e. The highest BCUT2D eigenvalue weighted by Crippen LogP contribution is 2.11. The van der Waals surface area contributed by atoms with E-state index in [1.807, 2.05) is 13.8 Å². The van der Waals surface area contributed by atoms with Crippen LogP contribution >= 0.6 is 0 Å². The molecule has 0 unspecified atom stereocenters. The smallest absolute Gasteiger partial charge is 0.0231 e. The first-order valence-corrected chi connectivity index (χ1v) is 7.56. The van der Waals surface area contributed by atoms with Crippen LogP contribution < -0.4 is 0 Å². The van der Waals surface area contributed by atoms with Gasteiger partial charge in [-0.05, 0) is 30.9 Å². The second kappa shape index (κ2) is 12.4. The zero-order valence-corrected chi connectivity index (χ0v) is 12.7. The highest BCUT2D eigenvalue weighted by Gasteiger charge is 1.90. The Hall–Kier alpha value is -1.04. The van der Waals surface area contributed by atoms with Crippen molar-refractivity contribution in [2.75, 3.05) is 0 Å². The van der Waals surface area contributed by atoms with Crippen LogP contribution in [0.25, 0.3) is 6.08 Å². The second-order valence-electron chi connectivity index (χ2n) is 4.46. The number of aryl methyl sites for hydroxylation is 1. The van der Waals surface area contributed by atoms with Crippen molar-refractivity contribution in [3.63, 3.8) is 0 Å². The number of hydrogen-bond acceptors (Lipinski definition) is 0. The van der Waals surface area contributed by atoms with Crippen molar-refractivity contribution in [1.29, 1.82) is 0 Å². The molecule has 0 N–H and O–H groups in total. The maximum atomic E-state index is 2.31. The predicted octanol–water partition coefficient (Wildman–Crippen LogP) is 6.39. The van der Waals surface area contributed by atoms with Crippen LogP contribution in [0.2, 0.25) is 0 Å². The summed E-state index contributed by atoms with van der Waals surface area (Å²) in [6, 6.07) is 8.55. The number of rotatable bonds is 7. The molecule has 0 saturated heterocycles. The molecule has 0 amide bonds. The minimum atomic E-state index is 1.22. The predicted molar refractivity (Wildman–Crippen MR) is 84.9 cm³/mol. The fourth-order valence-corrected chi connectivity index (χ4v) is 1.85. The van der Waals surface area contributed by atoms with E-state index in [1.165, 1.54) is 49.7 Å². The van der Waals surface area contributed by atoms with Crippen LogP contribution in [0, 0.1) is 6.92 Å². The molecule has 0 aliphatic carbocycles. The van der Waals surface area contributed by atoms with Crippen molar-refractivity contribution < 1.29 is 0 Å². The highest BCUT2D eigenvalue weighted by molar-refractivity contribution is 5.53. The van der Waals surface area contributed by atoms with E-state index in [2.05, 4.69) is 50.3 Å². The molecule has 0 fully saturated rings. The molecule has 0 saturated carbocycles. The molecular formula is C18H30. The summed E-state index contributed by atoms with van der Waals surface area (Å²) in [6.07, 6.45) is 12.6. The van der Waals surface area contributed by atoms with Gasteiger partial charge in [0.15, 0.2) is 0 Å². The fourth-order valence-electron chi connectivity index (χ4n) is 1.85. The van der Waals surface area contributed by atoms with Crippen molar-refractivity contribution in [3.8, 4) is 0 Å². The van der Waals surface area contributed by atoms with Crippen molar-refractivity contribution in [2.45, 2.75) is 66.2 Å². The van der Waals surface area contributed by atoms with Crippen LogP contribution in [0.15, 0.2) is 30.3 Å². The summed E-state index contributed by atoms with van der Waals surface area (Å²) in [5, 5.41) is 0. The van der Waals surface area contributed by atoms with Gasteiger partial charge in [-0.1, -0.05) is 82.9 Å². The number of allylic oxidation sites excluding steroid dienone is 1. The monoisotopic (exact) mass is 246 g/mol. The third-order valence-electron chi connectivity index (χ3n) is 2.96. The zero-order valence-electron chi connectivity index (χ0n) is 12.7. The first kappa shape index (κ1) is 17.0. The number of benzene rings is 1. The molecule has 18 heavy (non-hydrogen) atoms. The summed E-state index contributed by atoms with van der Waals surface area (Å²) in [5.74, 6) is 0. The maximum absolute atomic E-state index is 2.31. The molecule has 1 rings (SSSR count). The quantitative estimate of drug-likeness (QED) is 0.489. The van der Waals surface area contributed by atoms with Gasteiger partial charge in [0.1, 0.15) is 0 Å². The first-order chi connectivity index (χ1) is 8.84. The van der Waals surface area contributed by atoms with Crippen LogP contribution in [0.5, 0.6) is 0 Å². The molecule has 1 aromatic carbocycles. The van der Waals surface area contributed by atoms with Gasteiger partial charge in [0.25, 0.3) is 0 Å². The molecular weight excluding hydrogens is 216 g/mol. The molecule has 0 aliphatic heterocycles. The molecule has 0 atom stereocenters. The molecule has 0 radical (unpaired) electrons. The largest absolute Gasteiger partial charge is 0.0839 e. The van der Waals surface area contributed by atoms with E-state index in [0.29, 0.717) is 0 Å². The third kappa shape index (κ3) is 8.11. The zero-order chi connectivity index (χ0) is 13.6. The number of unbranched alkanes of at least 4 members (excludes halogenated alkanes) is 5. The van der Waals surface area contributed by atoms with Crippen LogP contribution in [-0.2, 0) is 0 Å². The minimum Gasteiger partial charge on any atom is -0.0839 e.